The molecule has 8 nitrogen and oxygen atoms in total. The van der Waals surface area contributed by atoms with E-state index in [9.17, 15) is 10.1 Å². The second-order valence-corrected chi connectivity index (χ2v) is 3.70. The topological polar surface area (TPSA) is 112 Å². The van der Waals surface area contributed by atoms with Crippen molar-refractivity contribution in [1.82, 2.24) is 14.8 Å². The maximum atomic E-state index is 10.8. The number of nitrogens with zero attached hydrogens (tertiary/aromatic N) is 4. The van der Waals surface area contributed by atoms with E-state index in [1.807, 2.05) is 6.07 Å². The number of hydrogen-bond donors (Lipinski definition) is 2. The Hall–Kier alpha value is -2.64. The Kier molecular flexibility index (Phi) is 3.09. The first-order valence-electron chi connectivity index (χ1n) is 5.19. The molecule has 0 aromatic carbocycles. The fourth-order valence-corrected chi connectivity index (χ4v) is 1.48. The van der Waals surface area contributed by atoms with Gasteiger partial charge in [0.1, 0.15) is 5.82 Å². The van der Waals surface area contributed by atoms with Gasteiger partial charge < -0.3 is 11.1 Å². The van der Waals surface area contributed by atoms with Crippen LogP contribution in [0.25, 0.3) is 0 Å². The predicted molar refractivity (Wildman–Crippen MR) is 65.8 cm³/mol. The lowest BCUT2D eigenvalue weighted by Gasteiger charge is -2.05. The number of nitrogens with two attached hydrogens (primary N) is 1. The predicted octanol–water partition coefficient (Wildman–Crippen LogP) is 0.918. The van der Waals surface area contributed by atoms with Crippen LogP contribution in [0.5, 0.6) is 0 Å². The summed E-state index contributed by atoms with van der Waals surface area (Å²) in [4.78, 5) is 14.2. The van der Waals surface area contributed by atoms with E-state index in [1.54, 1.807) is 17.9 Å². The van der Waals surface area contributed by atoms with Crippen LogP contribution in [0.15, 0.2) is 24.4 Å². The van der Waals surface area contributed by atoms with Crippen molar-refractivity contribution in [3.05, 3.63) is 40.2 Å². The highest BCUT2D eigenvalue weighted by molar-refractivity contribution is 5.59. The number of aryl methyl sites for hydroxylation is 1. The monoisotopic (exact) mass is 248 g/mol. The van der Waals surface area contributed by atoms with Crippen LogP contribution in [0.2, 0.25) is 0 Å². The Morgan fingerprint density at radius 3 is 2.89 bits per heavy atom. The summed E-state index contributed by atoms with van der Waals surface area (Å²) in [5.41, 5.74) is 6.16. The van der Waals surface area contributed by atoms with E-state index in [0.717, 1.165) is 5.69 Å². The quantitative estimate of drug-likeness (QED) is 0.614. The van der Waals surface area contributed by atoms with E-state index in [2.05, 4.69) is 15.4 Å². The third-order valence-corrected chi connectivity index (χ3v) is 2.30. The first kappa shape index (κ1) is 11.8. The van der Waals surface area contributed by atoms with Crippen molar-refractivity contribution in [3.63, 3.8) is 0 Å². The lowest BCUT2D eigenvalue weighted by Crippen LogP contribution is -2.06. The van der Waals surface area contributed by atoms with Crippen LogP contribution >= 0.6 is 0 Å². The summed E-state index contributed by atoms with van der Waals surface area (Å²) in [6.07, 6.45) is 1.79. The molecule has 0 unspecified atom stereocenters. The third-order valence-electron chi connectivity index (χ3n) is 2.30. The molecule has 0 spiro atoms. The van der Waals surface area contributed by atoms with Gasteiger partial charge in [-0.2, -0.15) is 5.10 Å². The van der Waals surface area contributed by atoms with Crippen molar-refractivity contribution in [2.45, 2.75) is 6.54 Å². The molecule has 0 bridgehead atoms. The summed E-state index contributed by atoms with van der Waals surface area (Å²) in [5, 5.41) is 17.8. The third kappa shape index (κ3) is 2.54. The molecule has 0 atom stereocenters. The summed E-state index contributed by atoms with van der Waals surface area (Å²) >= 11 is 0. The van der Waals surface area contributed by atoms with E-state index in [4.69, 9.17) is 5.73 Å². The van der Waals surface area contributed by atoms with Crippen LogP contribution in [-0.2, 0) is 13.6 Å². The molecular weight excluding hydrogens is 236 g/mol. The van der Waals surface area contributed by atoms with Crippen LogP contribution in [0.4, 0.5) is 17.3 Å². The van der Waals surface area contributed by atoms with E-state index >= 15 is 0 Å². The standard InChI is InChI=1S/C10H12N6O2/c1-15-5-4-7(14-15)6-12-10-8(16(17)18)2-3-9(11)13-10/h2-5H,6H2,1H3,(H3,11,12,13). The number of nitrogens with one attached hydrogen (secondary N) is 1. The fourth-order valence-electron chi connectivity index (χ4n) is 1.48. The first-order chi connectivity index (χ1) is 8.56. The molecule has 94 valence electrons. The van der Waals surface area contributed by atoms with Gasteiger partial charge in [-0.15, -0.1) is 0 Å². The molecule has 0 saturated carbocycles. The Bertz CT molecular complexity index is 579. The molecule has 0 aliphatic rings. The normalized spacial score (nSPS) is 10.3. The molecule has 0 amide bonds. The SMILES string of the molecule is Cn1ccc(CNc2nc(N)ccc2[N+](=O)[O-])n1. The summed E-state index contributed by atoms with van der Waals surface area (Å²) in [6, 6.07) is 4.53. The van der Waals surface area contributed by atoms with Crippen LogP contribution < -0.4 is 11.1 Å². The molecule has 0 fully saturated rings. The molecule has 2 rings (SSSR count). The van der Waals surface area contributed by atoms with Gasteiger partial charge in [0.05, 0.1) is 17.2 Å². The average Bonchev–Trinajstić information content (AvgIpc) is 2.72. The maximum Gasteiger partial charge on any atom is 0.311 e. The maximum absolute atomic E-state index is 10.8. The van der Waals surface area contributed by atoms with E-state index in [-0.39, 0.29) is 17.3 Å². The van der Waals surface area contributed by atoms with Gasteiger partial charge in [-0.3, -0.25) is 14.8 Å². The molecule has 0 aliphatic heterocycles. The number of nitro groups is 1. The summed E-state index contributed by atoms with van der Waals surface area (Å²) in [7, 11) is 1.80. The molecule has 0 saturated heterocycles. The van der Waals surface area contributed by atoms with Gasteiger partial charge in [0.2, 0.25) is 5.82 Å². The van der Waals surface area contributed by atoms with Gasteiger partial charge in [-0.05, 0) is 12.1 Å². The average molecular weight is 248 g/mol. The molecular formula is C10H12N6O2. The molecule has 0 aliphatic carbocycles. The zero-order valence-electron chi connectivity index (χ0n) is 9.70. The number of anilines is 2. The molecule has 18 heavy (non-hydrogen) atoms. The van der Waals surface area contributed by atoms with Crippen molar-refractivity contribution in [2.75, 3.05) is 11.1 Å². The van der Waals surface area contributed by atoms with Crippen molar-refractivity contribution >= 4 is 17.3 Å². The molecule has 2 aromatic rings. The van der Waals surface area contributed by atoms with Crippen molar-refractivity contribution < 1.29 is 4.92 Å². The number of hydrogen-bond acceptors (Lipinski definition) is 6. The molecule has 3 N–H and O–H groups in total. The van der Waals surface area contributed by atoms with E-state index < -0.39 is 4.92 Å². The second kappa shape index (κ2) is 4.70. The summed E-state index contributed by atoms with van der Waals surface area (Å²) in [6.45, 7) is 0.345. The highest BCUT2D eigenvalue weighted by atomic mass is 16.6. The van der Waals surface area contributed by atoms with Gasteiger partial charge in [-0.25, -0.2) is 4.98 Å². The zero-order chi connectivity index (χ0) is 13.1. The number of aromatic nitrogens is 3. The van der Waals surface area contributed by atoms with Gasteiger partial charge in [0.15, 0.2) is 0 Å². The largest absolute Gasteiger partial charge is 0.384 e. The van der Waals surface area contributed by atoms with E-state index in [0.29, 0.717) is 6.54 Å². The molecule has 2 aromatic heterocycles. The highest BCUT2D eigenvalue weighted by Crippen LogP contribution is 2.23. The fraction of sp³-hybridized carbons (Fsp3) is 0.200. The minimum atomic E-state index is -0.507. The second-order valence-electron chi connectivity index (χ2n) is 3.70. The minimum Gasteiger partial charge on any atom is -0.384 e. The van der Waals surface area contributed by atoms with Gasteiger partial charge in [0, 0.05) is 19.3 Å². The Morgan fingerprint density at radius 2 is 2.28 bits per heavy atom. The summed E-state index contributed by atoms with van der Waals surface area (Å²) < 4.78 is 1.65. The summed E-state index contributed by atoms with van der Waals surface area (Å²) in [5.74, 6) is 0.370. The lowest BCUT2D eigenvalue weighted by atomic mass is 10.3. The number of rotatable bonds is 4. The first-order valence-corrected chi connectivity index (χ1v) is 5.19. The molecule has 8 heteroatoms. The lowest BCUT2D eigenvalue weighted by molar-refractivity contribution is -0.384. The molecule has 2 heterocycles. The highest BCUT2D eigenvalue weighted by Gasteiger charge is 2.15. The van der Waals surface area contributed by atoms with Gasteiger partial charge in [-0.1, -0.05) is 0 Å². The van der Waals surface area contributed by atoms with Crippen molar-refractivity contribution in [1.29, 1.82) is 0 Å². The van der Waals surface area contributed by atoms with Crippen LogP contribution in [0, 0.1) is 10.1 Å². The Balaban J connectivity index is 2.17. The minimum absolute atomic E-state index is 0.111. The van der Waals surface area contributed by atoms with Crippen molar-refractivity contribution in [3.8, 4) is 0 Å². The van der Waals surface area contributed by atoms with Crippen molar-refractivity contribution in [2.24, 2.45) is 7.05 Å². The van der Waals surface area contributed by atoms with Gasteiger partial charge >= 0.3 is 5.69 Å². The molecule has 0 radical (unpaired) electrons. The van der Waals surface area contributed by atoms with Crippen LogP contribution in [-0.4, -0.2) is 19.7 Å². The van der Waals surface area contributed by atoms with Gasteiger partial charge in [0.25, 0.3) is 0 Å². The van der Waals surface area contributed by atoms with Crippen LogP contribution in [0.1, 0.15) is 5.69 Å². The smallest absolute Gasteiger partial charge is 0.311 e. The van der Waals surface area contributed by atoms with E-state index in [1.165, 1.54) is 12.1 Å². The Labute approximate surface area is 103 Å². The Morgan fingerprint density at radius 1 is 1.50 bits per heavy atom. The number of pyridine rings is 1. The zero-order valence-corrected chi connectivity index (χ0v) is 9.70. The van der Waals surface area contributed by atoms with Crippen LogP contribution in [0.3, 0.4) is 0 Å². The number of nitrogen functional groups attached to an aromatic ring is 1.